The predicted octanol–water partition coefficient (Wildman–Crippen LogP) is 4.52. The molecule has 2 fully saturated rings. The molecule has 26 heavy (non-hydrogen) atoms. The van der Waals surface area contributed by atoms with Crippen molar-refractivity contribution in [2.45, 2.75) is 50.7 Å². The van der Waals surface area contributed by atoms with E-state index in [0.29, 0.717) is 25.9 Å². The first-order valence-electron chi connectivity index (χ1n) is 9.24. The van der Waals surface area contributed by atoms with Crippen LogP contribution in [0, 0.1) is 11.8 Å². The summed E-state index contributed by atoms with van der Waals surface area (Å²) in [6.07, 6.45) is -0.724. The van der Waals surface area contributed by atoms with Gasteiger partial charge in [0.15, 0.2) is 0 Å². The molecule has 0 radical (unpaired) electrons. The standard InChI is InChI=1S/C19H25F3N2O2/c20-19(21,22)14-9-11-24(12-10-14)17-7-5-16(6-8-17)23-15-3-1-13(2-4-15)18(25)26/h5-8,13-15,23H,1-4,9-12H2,(H,25,26). The van der Waals surface area contributed by atoms with Crippen LogP contribution >= 0.6 is 0 Å². The van der Waals surface area contributed by atoms with E-state index in [2.05, 4.69) is 5.32 Å². The van der Waals surface area contributed by atoms with Crippen LogP contribution in [0.25, 0.3) is 0 Å². The fourth-order valence-electron chi connectivity index (χ4n) is 3.95. The summed E-state index contributed by atoms with van der Waals surface area (Å²) in [5.41, 5.74) is 1.92. The second kappa shape index (κ2) is 7.76. The number of nitrogens with one attached hydrogen (secondary N) is 1. The van der Waals surface area contributed by atoms with Crippen LogP contribution in [0.2, 0.25) is 0 Å². The summed E-state index contributed by atoms with van der Waals surface area (Å²) in [5, 5.41) is 12.5. The van der Waals surface area contributed by atoms with E-state index in [4.69, 9.17) is 5.11 Å². The number of hydrogen-bond donors (Lipinski definition) is 2. The van der Waals surface area contributed by atoms with Gasteiger partial charge >= 0.3 is 12.1 Å². The maximum atomic E-state index is 12.8. The van der Waals surface area contributed by atoms with Crippen molar-refractivity contribution in [3.8, 4) is 0 Å². The molecule has 3 rings (SSSR count). The fraction of sp³-hybridized carbons (Fsp3) is 0.632. The van der Waals surface area contributed by atoms with Crippen molar-refractivity contribution in [3.05, 3.63) is 24.3 Å². The molecule has 2 aliphatic rings. The minimum atomic E-state index is -4.08. The third-order valence-electron chi connectivity index (χ3n) is 5.64. The summed E-state index contributed by atoms with van der Waals surface area (Å²) in [5.74, 6) is -2.11. The highest BCUT2D eigenvalue weighted by molar-refractivity contribution is 5.70. The molecule has 4 nitrogen and oxygen atoms in total. The average Bonchev–Trinajstić information content (AvgIpc) is 2.62. The van der Waals surface area contributed by atoms with Crippen molar-refractivity contribution in [3.63, 3.8) is 0 Å². The smallest absolute Gasteiger partial charge is 0.391 e. The molecule has 1 aliphatic carbocycles. The number of rotatable bonds is 4. The Morgan fingerprint density at radius 2 is 1.58 bits per heavy atom. The Hall–Kier alpha value is -1.92. The SMILES string of the molecule is O=C(O)C1CCC(Nc2ccc(N3CCC(C(F)(F)F)CC3)cc2)CC1. The number of carbonyl (C=O) groups is 1. The Bertz CT molecular complexity index is 602. The van der Waals surface area contributed by atoms with E-state index >= 15 is 0 Å². The molecule has 0 aromatic heterocycles. The molecule has 1 aromatic carbocycles. The van der Waals surface area contributed by atoms with E-state index < -0.39 is 18.1 Å². The Morgan fingerprint density at radius 3 is 2.08 bits per heavy atom. The van der Waals surface area contributed by atoms with Gasteiger partial charge in [0, 0.05) is 30.5 Å². The van der Waals surface area contributed by atoms with Gasteiger partial charge in [-0.3, -0.25) is 4.79 Å². The zero-order valence-electron chi connectivity index (χ0n) is 14.6. The summed E-state index contributed by atoms with van der Waals surface area (Å²) in [7, 11) is 0. The minimum Gasteiger partial charge on any atom is -0.481 e. The average molecular weight is 370 g/mol. The van der Waals surface area contributed by atoms with Gasteiger partial charge in [-0.2, -0.15) is 13.2 Å². The van der Waals surface area contributed by atoms with Gasteiger partial charge in [-0.25, -0.2) is 0 Å². The number of anilines is 2. The monoisotopic (exact) mass is 370 g/mol. The number of alkyl halides is 3. The number of piperidine rings is 1. The van der Waals surface area contributed by atoms with Gasteiger partial charge in [-0.15, -0.1) is 0 Å². The van der Waals surface area contributed by atoms with Crippen molar-refractivity contribution in [2.24, 2.45) is 11.8 Å². The number of benzene rings is 1. The number of hydrogen-bond acceptors (Lipinski definition) is 3. The van der Waals surface area contributed by atoms with Gasteiger partial charge < -0.3 is 15.3 Å². The molecule has 0 unspecified atom stereocenters. The number of aliphatic carboxylic acids is 1. The van der Waals surface area contributed by atoms with Gasteiger partial charge in [-0.1, -0.05) is 0 Å². The number of carboxylic acid groups (broad SMARTS) is 1. The highest BCUT2D eigenvalue weighted by Gasteiger charge is 2.41. The Kier molecular flexibility index (Phi) is 5.63. The lowest BCUT2D eigenvalue weighted by molar-refractivity contribution is -0.179. The first-order valence-corrected chi connectivity index (χ1v) is 9.24. The van der Waals surface area contributed by atoms with E-state index in [1.165, 1.54) is 0 Å². The maximum absolute atomic E-state index is 12.8. The van der Waals surface area contributed by atoms with E-state index in [1.54, 1.807) is 0 Å². The Morgan fingerprint density at radius 1 is 1.00 bits per heavy atom. The van der Waals surface area contributed by atoms with Crippen LogP contribution in [0.15, 0.2) is 24.3 Å². The lowest BCUT2D eigenvalue weighted by Gasteiger charge is -2.34. The lowest BCUT2D eigenvalue weighted by atomic mass is 9.86. The van der Waals surface area contributed by atoms with Crippen LogP contribution in [0.1, 0.15) is 38.5 Å². The molecule has 0 atom stereocenters. The molecule has 7 heteroatoms. The summed E-state index contributed by atoms with van der Waals surface area (Å²) in [4.78, 5) is 13.0. The summed E-state index contributed by atoms with van der Waals surface area (Å²) < 4.78 is 38.3. The Labute approximate surface area is 151 Å². The predicted molar refractivity (Wildman–Crippen MR) is 94.4 cm³/mol. The summed E-state index contributed by atoms with van der Waals surface area (Å²) in [6, 6.07) is 8.07. The fourth-order valence-corrected chi connectivity index (χ4v) is 3.95. The molecular weight excluding hydrogens is 345 g/mol. The van der Waals surface area contributed by atoms with Crippen LogP contribution in [0.3, 0.4) is 0 Å². The van der Waals surface area contributed by atoms with Gasteiger partial charge in [0.25, 0.3) is 0 Å². The number of carboxylic acids is 1. The molecule has 144 valence electrons. The molecule has 1 aliphatic heterocycles. The third-order valence-corrected chi connectivity index (χ3v) is 5.64. The molecule has 0 amide bonds. The van der Waals surface area contributed by atoms with Gasteiger partial charge in [0.1, 0.15) is 0 Å². The number of halogens is 3. The largest absolute Gasteiger partial charge is 0.481 e. The zero-order chi connectivity index (χ0) is 18.7. The van der Waals surface area contributed by atoms with Crippen molar-refractivity contribution in [2.75, 3.05) is 23.3 Å². The quantitative estimate of drug-likeness (QED) is 0.818. The van der Waals surface area contributed by atoms with E-state index in [1.807, 2.05) is 29.2 Å². The van der Waals surface area contributed by atoms with Crippen LogP contribution < -0.4 is 10.2 Å². The Balaban J connectivity index is 1.49. The number of nitrogens with zero attached hydrogens (tertiary/aromatic N) is 1. The topological polar surface area (TPSA) is 52.6 Å². The summed E-state index contributed by atoms with van der Waals surface area (Å²) >= 11 is 0. The van der Waals surface area contributed by atoms with Gasteiger partial charge in [-0.05, 0) is 62.8 Å². The molecule has 0 bridgehead atoms. The minimum absolute atomic E-state index is 0.149. The molecule has 0 spiro atoms. The molecule has 1 saturated heterocycles. The third kappa shape index (κ3) is 4.62. The van der Waals surface area contributed by atoms with Crippen molar-refractivity contribution < 1.29 is 23.1 Å². The van der Waals surface area contributed by atoms with Crippen LogP contribution in [-0.2, 0) is 4.79 Å². The van der Waals surface area contributed by atoms with Crippen molar-refractivity contribution in [1.82, 2.24) is 0 Å². The molecule has 1 saturated carbocycles. The van der Waals surface area contributed by atoms with E-state index in [9.17, 15) is 18.0 Å². The highest BCUT2D eigenvalue weighted by atomic mass is 19.4. The van der Waals surface area contributed by atoms with E-state index in [0.717, 1.165) is 24.2 Å². The first-order chi connectivity index (χ1) is 12.3. The van der Waals surface area contributed by atoms with Crippen LogP contribution in [0.4, 0.5) is 24.5 Å². The van der Waals surface area contributed by atoms with Gasteiger partial charge in [0.2, 0.25) is 0 Å². The lowest BCUT2D eigenvalue weighted by Crippen LogP contribution is -2.39. The molecule has 1 heterocycles. The highest BCUT2D eigenvalue weighted by Crippen LogP contribution is 2.35. The van der Waals surface area contributed by atoms with Gasteiger partial charge in [0.05, 0.1) is 11.8 Å². The zero-order valence-corrected chi connectivity index (χ0v) is 14.6. The summed E-state index contributed by atoms with van der Waals surface area (Å²) in [6.45, 7) is 0.853. The molecular formula is C19H25F3N2O2. The second-order valence-electron chi connectivity index (χ2n) is 7.38. The maximum Gasteiger partial charge on any atom is 0.391 e. The normalized spacial score (nSPS) is 25.1. The van der Waals surface area contributed by atoms with Crippen molar-refractivity contribution >= 4 is 17.3 Å². The first kappa shape index (κ1) is 18.9. The molecule has 2 N–H and O–H groups in total. The van der Waals surface area contributed by atoms with Crippen molar-refractivity contribution in [1.29, 1.82) is 0 Å². The van der Waals surface area contributed by atoms with Crippen LogP contribution in [-0.4, -0.2) is 36.4 Å². The van der Waals surface area contributed by atoms with E-state index in [-0.39, 0.29) is 24.8 Å². The molecule has 1 aromatic rings. The second-order valence-corrected chi connectivity index (χ2v) is 7.38. The van der Waals surface area contributed by atoms with Crippen LogP contribution in [0.5, 0.6) is 0 Å².